The van der Waals surface area contributed by atoms with Crippen molar-refractivity contribution in [1.29, 1.82) is 0 Å². The minimum absolute atomic E-state index is 0.0174. The van der Waals surface area contributed by atoms with E-state index in [4.69, 9.17) is 0 Å². The van der Waals surface area contributed by atoms with Gasteiger partial charge in [-0.25, -0.2) is 4.98 Å². The molecule has 0 saturated carbocycles. The van der Waals surface area contributed by atoms with Gasteiger partial charge in [0.2, 0.25) is 5.91 Å². The zero-order chi connectivity index (χ0) is 18.9. The number of carbonyl (C=O) groups excluding carboxylic acids is 1. The van der Waals surface area contributed by atoms with Crippen LogP contribution in [0.1, 0.15) is 17.7 Å². The fourth-order valence-electron chi connectivity index (χ4n) is 2.79. The van der Waals surface area contributed by atoms with Gasteiger partial charge in [-0.3, -0.25) is 9.78 Å². The van der Waals surface area contributed by atoms with Gasteiger partial charge in [-0.15, -0.1) is 11.3 Å². The van der Waals surface area contributed by atoms with Gasteiger partial charge in [-0.2, -0.15) is 0 Å². The van der Waals surface area contributed by atoms with Crippen molar-refractivity contribution in [3.63, 3.8) is 0 Å². The van der Waals surface area contributed by atoms with Crippen LogP contribution in [-0.2, 0) is 17.8 Å². The normalized spacial score (nSPS) is 10.9. The molecule has 0 spiro atoms. The summed E-state index contributed by atoms with van der Waals surface area (Å²) in [4.78, 5) is 23.0. The smallest absolute Gasteiger partial charge is 0.226 e. The molecule has 2 heterocycles. The van der Waals surface area contributed by atoms with Gasteiger partial charge in [0.25, 0.3) is 0 Å². The van der Waals surface area contributed by atoms with Crippen LogP contribution in [0.2, 0.25) is 0 Å². The van der Waals surface area contributed by atoms with Gasteiger partial charge in [0.05, 0.1) is 12.1 Å². The predicted octanol–water partition coefficient (Wildman–Crippen LogP) is 3.39. The molecule has 3 rings (SSSR count). The van der Waals surface area contributed by atoms with E-state index in [0.29, 0.717) is 13.0 Å². The van der Waals surface area contributed by atoms with E-state index >= 15 is 0 Å². The number of hydrogen-bond acceptors (Lipinski definition) is 5. The molecule has 0 saturated heterocycles. The van der Waals surface area contributed by atoms with Crippen LogP contribution in [-0.4, -0.2) is 40.9 Å². The first-order valence-corrected chi connectivity index (χ1v) is 9.92. The number of rotatable bonds is 9. The monoisotopic (exact) mass is 380 g/mol. The number of benzene rings is 1. The van der Waals surface area contributed by atoms with Crippen molar-refractivity contribution in [3.8, 4) is 10.6 Å². The molecule has 27 heavy (non-hydrogen) atoms. The SMILES string of the molecule is CN(CCCNC(=O)Cc1csc(-c2cccnc2)n1)Cc1ccccc1. The highest BCUT2D eigenvalue weighted by atomic mass is 32.1. The van der Waals surface area contributed by atoms with E-state index in [-0.39, 0.29) is 5.91 Å². The number of nitrogens with one attached hydrogen (secondary N) is 1. The molecular formula is C21H24N4OS. The molecule has 0 aliphatic rings. The van der Waals surface area contributed by atoms with E-state index in [0.717, 1.165) is 35.8 Å². The molecule has 3 aromatic rings. The molecule has 1 N–H and O–H groups in total. The van der Waals surface area contributed by atoms with Crippen LogP contribution in [0, 0.1) is 0 Å². The molecule has 0 atom stereocenters. The molecular weight excluding hydrogens is 356 g/mol. The standard InChI is InChI=1S/C21H24N4OS/c1-25(15-17-7-3-2-4-8-17)12-6-11-23-20(26)13-19-16-27-21(24-19)18-9-5-10-22-14-18/h2-5,7-10,14,16H,6,11-13,15H2,1H3,(H,23,26). The number of nitrogens with zero attached hydrogens (tertiary/aromatic N) is 3. The van der Waals surface area contributed by atoms with Gasteiger partial charge in [0.1, 0.15) is 5.01 Å². The van der Waals surface area contributed by atoms with Crippen molar-refractivity contribution >= 4 is 17.2 Å². The van der Waals surface area contributed by atoms with Crippen molar-refractivity contribution in [3.05, 3.63) is 71.5 Å². The Hall–Kier alpha value is -2.57. The second-order valence-electron chi connectivity index (χ2n) is 6.49. The van der Waals surface area contributed by atoms with E-state index in [2.05, 4.69) is 51.5 Å². The van der Waals surface area contributed by atoms with Crippen molar-refractivity contribution in [2.75, 3.05) is 20.1 Å². The first-order valence-electron chi connectivity index (χ1n) is 9.04. The van der Waals surface area contributed by atoms with Gasteiger partial charge < -0.3 is 10.2 Å². The van der Waals surface area contributed by atoms with Crippen molar-refractivity contribution in [2.45, 2.75) is 19.4 Å². The molecule has 5 nitrogen and oxygen atoms in total. The Balaban J connectivity index is 1.36. The molecule has 6 heteroatoms. The van der Waals surface area contributed by atoms with Crippen LogP contribution in [0.4, 0.5) is 0 Å². The average Bonchev–Trinajstić information content (AvgIpc) is 3.15. The van der Waals surface area contributed by atoms with E-state index in [9.17, 15) is 4.79 Å². The first-order chi connectivity index (χ1) is 13.2. The largest absolute Gasteiger partial charge is 0.356 e. The summed E-state index contributed by atoms with van der Waals surface area (Å²) in [6.45, 7) is 2.54. The highest BCUT2D eigenvalue weighted by Crippen LogP contribution is 2.22. The third-order valence-electron chi connectivity index (χ3n) is 4.14. The van der Waals surface area contributed by atoms with Gasteiger partial charge in [0.15, 0.2) is 0 Å². The highest BCUT2D eigenvalue weighted by molar-refractivity contribution is 7.13. The van der Waals surface area contributed by atoms with E-state index in [1.165, 1.54) is 16.9 Å². The number of hydrogen-bond donors (Lipinski definition) is 1. The summed E-state index contributed by atoms with van der Waals surface area (Å²) in [6.07, 6.45) is 4.76. The fraction of sp³-hybridized carbons (Fsp3) is 0.286. The Morgan fingerprint density at radius 3 is 2.81 bits per heavy atom. The Bertz CT molecular complexity index is 836. The molecule has 1 aromatic carbocycles. The minimum Gasteiger partial charge on any atom is -0.356 e. The van der Waals surface area contributed by atoms with Gasteiger partial charge in [-0.1, -0.05) is 30.3 Å². The van der Waals surface area contributed by atoms with E-state index in [1.807, 2.05) is 23.6 Å². The van der Waals surface area contributed by atoms with Crippen molar-refractivity contribution < 1.29 is 4.79 Å². The predicted molar refractivity (Wildman–Crippen MR) is 109 cm³/mol. The molecule has 0 bridgehead atoms. The number of pyridine rings is 1. The molecule has 1 amide bonds. The topological polar surface area (TPSA) is 58.1 Å². The zero-order valence-corrected chi connectivity index (χ0v) is 16.3. The van der Waals surface area contributed by atoms with Crippen LogP contribution >= 0.6 is 11.3 Å². The number of thiazole rings is 1. The third kappa shape index (κ3) is 6.27. The molecule has 0 aliphatic heterocycles. The summed E-state index contributed by atoms with van der Waals surface area (Å²) in [5.41, 5.74) is 3.09. The maximum absolute atomic E-state index is 12.1. The van der Waals surface area contributed by atoms with Crippen LogP contribution in [0.15, 0.2) is 60.2 Å². The second kappa shape index (κ2) is 9.94. The summed E-state index contributed by atoms with van der Waals surface area (Å²) >= 11 is 1.54. The molecule has 140 valence electrons. The third-order valence-corrected chi connectivity index (χ3v) is 5.08. The number of amides is 1. The number of carbonyl (C=O) groups is 1. The van der Waals surface area contributed by atoms with Gasteiger partial charge >= 0.3 is 0 Å². The molecule has 0 fully saturated rings. The summed E-state index contributed by atoms with van der Waals surface area (Å²) in [6, 6.07) is 14.3. The van der Waals surface area contributed by atoms with Crippen LogP contribution in [0.5, 0.6) is 0 Å². The molecule has 2 aromatic heterocycles. The average molecular weight is 381 g/mol. The minimum atomic E-state index is 0.0174. The van der Waals surface area contributed by atoms with Crippen molar-refractivity contribution in [2.24, 2.45) is 0 Å². The van der Waals surface area contributed by atoms with Crippen LogP contribution in [0.3, 0.4) is 0 Å². The Morgan fingerprint density at radius 2 is 2.04 bits per heavy atom. The lowest BCUT2D eigenvalue weighted by atomic mass is 10.2. The summed E-state index contributed by atoms with van der Waals surface area (Å²) in [7, 11) is 2.10. The first kappa shape index (κ1) is 19.2. The van der Waals surface area contributed by atoms with Gasteiger partial charge in [0, 0.05) is 36.4 Å². The van der Waals surface area contributed by atoms with Crippen LogP contribution in [0.25, 0.3) is 10.6 Å². The maximum Gasteiger partial charge on any atom is 0.226 e. The second-order valence-corrected chi connectivity index (χ2v) is 7.35. The lowest BCUT2D eigenvalue weighted by molar-refractivity contribution is -0.120. The summed E-state index contributed by atoms with van der Waals surface area (Å²) in [5, 5.41) is 5.82. The van der Waals surface area contributed by atoms with Crippen LogP contribution < -0.4 is 5.32 Å². The van der Waals surface area contributed by atoms with Crippen molar-refractivity contribution in [1.82, 2.24) is 20.2 Å². The molecule has 0 radical (unpaired) electrons. The highest BCUT2D eigenvalue weighted by Gasteiger charge is 2.09. The molecule has 0 unspecified atom stereocenters. The Morgan fingerprint density at radius 1 is 1.19 bits per heavy atom. The quantitative estimate of drug-likeness (QED) is 0.578. The molecule has 0 aliphatic carbocycles. The fourth-order valence-corrected chi connectivity index (χ4v) is 3.60. The summed E-state index contributed by atoms with van der Waals surface area (Å²) in [5.74, 6) is 0.0174. The van der Waals surface area contributed by atoms with E-state index < -0.39 is 0 Å². The number of aromatic nitrogens is 2. The summed E-state index contributed by atoms with van der Waals surface area (Å²) < 4.78 is 0. The Kier molecular flexibility index (Phi) is 7.07. The zero-order valence-electron chi connectivity index (χ0n) is 15.5. The lowest BCUT2D eigenvalue weighted by Gasteiger charge is -2.16. The maximum atomic E-state index is 12.1. The van der Waals surface area contributed by atoms with E-state index in [1.54, 1.807) is 12.4 Å². The lowest BCUT2D eigenvalue weighted by Crippen LogP contribution is -2.29. The Labute approximate surface area is 164 Å². The van der Waals surface area contributed by atoms with Gasteiger partial charge in [-0.05, 0) is 37.7 Å².